The number of hydroxylamine groups is 1. The van der Waals surface area contributed by atoms with Gasteiger partial charge < -0.3 is 5.32 Å². The Hall–Kier alpha value is -1.32. The highest BCUT2D eigenvalue weighted by Crippen LogP contribution is 2.30. The Morgan fingerprint density at radius 2 is 1.88 bits per heavy atom. The summed E-state index contributed by atoms with van der Waals surface area (Å²) in [6, 6.07) is 10.5. The minimum Gasteiger partial charge on any atom is -0.316 e. The van der Waals surface area contributed by atoms with Crippen molar-refractivity contribution in [3.8, 4) is 0 Å². The van der Waals surface area contributed by atoms with E-state index in [0.717, 1.165) is 32.4 Å². The Kier molecular flexibility index (Phi) is 2.87. The first-order valence-corrected chi connectivity index (χ1v) is 6.27. The molecule has 0 atom stereocenters. The molecule has 0 saturated carbocycles. The van der Waals surface area contributed by atoms with Crippen LogP contribution in [0.5, 0.6) is 0 Å². The molecule has 0 radical (unpaired) electrons. The van der Waals surface area contributed by atoms with Crippen LogP contribution >= 0.6 is 0 Å². The second-order valence-electron chi connectivity index (χ2n) is 4.85. The van der Waals surface area contributed by atoms with Gasteiger partial charge in [-0.25, -0.2) is 0 Å². The molecule has 1 spiro atoms. The summed E-state index contributed by atoms with van der Waals surface area (Å²) in [5.74, 6) is 0. The zero-order valence-electron chi connectivity index (χ0n) is 9.91. The number of nitrogens with one attached hydrogen (secondary N) is 2. The fourth-order valence-corrected chi connectivity index (χ4v) is 2.54. The smallest absolute Gasteiger partial charge is 0.118 e. The molecule has 0 aliphatic carbocycles. The van der Waals surface area contributed by atoms with E-state index >= 15 is 0 Å². The van der Waals surface area contributed by atoms with Crippen molar-refractivity contribution in [1.29, 1.82) is 0 Å². The van der Waals surface area contributed by atoms with Gasteiger partial charge in [0.1, 0.15) is 5.60 Å². The van der Waals surface area contributed by atoms with Crippen LogP contribution in [0.2, 0.25) is 0 Å². The molecule has 3 rings (SSSR count). The minimum atomic E-state index is -0.0602. The summed E-state index contributed by atoms with van der Waals surface area (Å²) >= 11 is 0. The van der Waals surface area contributed by atoms with Crippen molar-refractivity contribution in [3.05, 3.63) is 47.7 Å². The van der Waals surface area contributed by atoms with E-state index in [1.165, 1.54) is 11.3 Å². The van der Waals surface area contributed by atoms with Crippen LogP contribution in [0.3, 0.4) is 0 Å². The summed E-state index contributed by atoms with van der Waals surface area (Å²) in [4.78, 5) is 5.78. The number of hydrogen-bond donors (Lipinski definition) is 2. The third-order valence-electron chi connectivity index (χ3n) is 3.51. The molecule has 1 saturated heterocycles. The first-order valence-electron chi connectivity index (χ1n) is 6.27. The summed E-state index contributed by atoms with van der Waals surface area (Å²) in [6.45, 7) is 2.08. The lowest BCUT2D eigenvalue weighted by Gasteiger charge is -2.29. The zero-order valence-corrected chi connectivity index (χ0v) is 9.91. The van der Waals surface area contributed by atoms with E-state index in [9.17, 15) is 0 Å². The summed E-state index contributed by atoms with van der Waals surface area (Å²) in [7, 11) is 0. The van der Waals surface area contributed by atoms with Gasteiger partial charge in [-0.3, -0.25) is 10.3 Å². The Labute approximate surface area is 102 Å². The van der Waals surface area contributed by atoms with Gasteiger partial charge in [0.15, 0.2) is 0 Å². The molecule has 1 aromatic carbocycles. The van der Waals surface area contributed by atoms with E-state index < -0.39 is 0 Å². The quantitative estimate of drug-likeness (QED) is 0.812. The van der Waals surface area contributed by atoms with Gasteiger partial charge in [0, 0.05) is 12.1 Å². The highest BCUT2D eigenvalue weighted by molar-refractivity contribution is 5.24. The van der Waals surface area contributed by atoms with Crippen molar-refractivity contribution < 1.29 is 4.84 Å². The first-order chi connectivity index (χ1) is 8.36. The molecule has 2 aliphatic heterocycles. The zero-order chi connectivity index (χ0) is 11.6. The lowest BCUT2D eigenvalue weighted by atomic mass is 9.91. The van der Waals surface area contributed by atoms with E-state index in [-0.39, 0.29) is 5.60 Å². The van der Waals surface area contributed by atoms with Gasteiger partial charge in [-0.2, -0.15) is 0 Å². The van der Waals surface area contributed by atoms with Gasteiger partial charge in [-0.15, -0.1) is 0 Å². The molecule has 1 fully saturated rings. The minimum absolute atomic E-state index is 0.0602. The average molecular weight is 230 g/mol. The maximum absolute atomic E-state index is 5.78. The normalized spacial score (nSPS) is 22.2. The van der Waals surface area contributed by atoms with Crippen LogP contribution in [0.25, 0.3) is 0 Å². The number of piperidine rings is 1. The Balaban J connectivity index is 1.71. The maximum Gasteiger partial charge on any atom is 0.118 e. The molecule has 0 amide bonds. The standard InChI is InChI=1S/C14H18N2O/c1-2-4-12(5-3-1)10-13-11-14(17-16-13)6-8-15-9-7-14/h1-5,11,15-16H,6-10H2. The summed E-state index contributed by atoms with van der Waals surface area (Å²) in [5, 5.41) is 3.36. The largest absolute Gasteiger partial charge is 0.316 e. The van der Waals surface area contributed by atoms with E-state index in [1.807, 2.05) is 6.07 Å². The van der Waals surface area contributed by atoms with Crippen LogP contribution in [-0.4, -0.2) is 18.7 Å². The van der Waals surface area contributed by atoms with Crippen molar-refractivity contribution in [2.75, 3.05) is 13.1 Å². The Morgan fingerprint density at radius 1 is 1.12 bits per heavy atom. The number of benzene rings is 1. The molecule has 0 bridgehead atoms. The van der Waals surface area contributed by atoms with Crippen molar-refractivity contribution >= 4 is 0 Å². The van der Waals surface area contributed by atoms with Crippen molar-refractivity contribution in [1.82, 2.24) is 10.8 Å². The monoisotopic (exact) mass is 230 g/mol. The van der Waals surface area contributed by atoms with Crippen LogP contribution in [0.15, 0.2) is 42.1 Å². The maximum atomic E-state index is 5.78. The van der Waals surface area contributed by atoms with Crippen molar-refractivity contribution in [3.63, 3.8) is 0 Å². The molecule has 2 N–H and O–H groups in total. The summed E-state index contributed by atoms with van der Waals surface area (Å²) < 4.78 is 0. The predicted molar refractivity (Wildman–Crippen MR) is 67.3 cm³/mol. The molecule has 17 heavy (non-hydrogen) atoms. The topological polar surface area (TPSA) is 33.3 Å². The molecular formula is C14H18N2O. The molecule has 3 nitrogen and oxygen atoms in total. The predicted octanol–water partition coefficient (Wildman–Crippen LogP) is 1.77. The first kappa shape index (κ1) is 10.8. The average Bonchev–Trinajstić information content (AvgIpc) is 2.74. The molecule has 3 heteroatoms. The Morgan fingerprint density at radius 3 is 2.65 bits per heavy atom. The van der Waals surface area contributed by atoms with Gasteiger partial charge in [0.2, 0.25) is 0 Å². The molecule has 1 aromatic rings. The molecule has 0 aromatic heterocycles. The second-order valence-corrected chi connectivity index (χ2v) is 4.85. The lowest BCUT2D eigenvalue weighted by molar-refractivity contribution is -0.0571. The van der Waals surface area contributed by atoms with Crippen LogP contribution in [0, 0.1) is 0 Å². The van der Waals surface area contributed by atoms with Gasteiger partial charge >= 0.3 is 0 Å². The van der Waals surface area contributed by atoms with E-state index in [1.54, 1.807) is 0 Å². The summed E-state index contributed by atoms with van der Waals surface area (Å²) in [6.07, 6.45) is 5.31. The number of rotatable bonds is 2. The van der Waals surface area contributed by atoms with Crippen molar-refractivity contribution in [2.45, 2.75) is 24.9 Å². The van der Waals surface area contributed by atoms with Gasteiger partial charge in [-0.1, -0.05) is 30.3 Å². The lowest BCUT2D eigenvalue weighted by Crippen LogP contribution is -2.41. The number of allylic oxidation sites excluding steroid dienone is 1. The van der Waals surface area contributed by atoms with Crippen LogP contribution < -0.4 is 10.8 Å². The van der Waals surface area contributed by atoms with E-state index in [2.05, 4.69) is 41.1 Å². The molecular weight excluding hydrogens is 212 g/mol. The molecule has 90 valence electrons. The second kappa shape index (κ2) is 4.51. The molecule has 0 unspecified atom stereocenters. The van der Waals surface area contributed by atoms with Gasteiger partial charge in [0.25, 0.3) is 0 Å². The summed E-state index contributed by atoms with van der Waals surface area (Å²) in [5.41, 5.74) is 5.55. The van der Waals surface area contributed by atoms with Crippen LogP contribution in [0.4, 0.5) is 0 Å². The highest BCUT2D eigenvalue weighted by Gasteiger charge is 2.36. The van der Waals surface area contributed by atoms with Gasteiger partial charge in [0.05, 0.1) is 0 Å². The van der Waals surface area contributed by atoms with Crippen molar-refractivity contribution in [2.24, 2.45) is 0 Å². The van der Waals surface area contributed by atoms with Crippen LogP contribution in [0.1, 0.15) is 18.4 Å². The van der Waals surface area contributed by atoms with E-state index in [0.29, 0.717) is 0 Å². The third-order valence-corrected chi connectivity index (χ3v) is 3.51. The van der Waals surface area contributed by atoms with E-state index in [4.69, 9.17) is 4.84 Å². The fraction of sp³-hybridized carbons (Fsp3) is 0.429. The van der Waals surface area contributed by atoms with Gasteiger partial charge in [-0.05, 0) is 37.6 Å². The molecule has 2 aliphatic rings. The highest BCUT2D eigenvalue weighted by atomic mass is 16.7. The Bertz CT molecular complexity index is 407. The molecule has 2 heterocycles. The third kappa shape index (κ3) is 2.35. The van der Waals surface area contributed by atoms with Crippen LogP contribution in [-0.2, 0) is 11.3 Å². The fourth-order valence-electron chi connectivity index (χ4n) is 2.54. The number of hydrogen-bond acceptors (Lipinski definition) is 3. The SMILES string of the molecule is C1=C(Cc2ccccc2)NOC12CCNCC2.